The van der Waals surface area contributed by atoms with Crippen molar-refractivity contribution in [3.63, 3.8) is 0 Å². The highest BCUT2D eigenvalue weighted by Gasteiger charge is 2.21. The van der Waals surface area contributed by atoms with Crippen LogP contribution in [0, 0.1) is 0 Å². The van der Waals surface area contributed by atoms with Crippen molar-refractivity contribution in [2.75, 3.05) is 0 Å². The molecule has 2 heterocycles. The van der Waals surface area contributed by atoms with Crippen molar-refractivity contribution >= 4 is 34.8 Å². The maximum Gasteiger partial charge on any atom is 0.356 e. The van der Waals surface area contributed by atoms with Crippen LogP contribution in [0.1, 0.15) is 10.5 Å². The van der Waals surface area contributed by atoms with Crippen molar-refractivity contribution < 1.29 is 9.90 Å². The van der Waals surface area contributed by atoms with Gasteiger partial charge in [0.15, 0.2) is 5.69 Å². The largest absolute Gasteiger partial charge is 0.476 e. The first-order valence-corrected chi connectivity index (χ1v) is 6.49. The van der Waals surface area contributed by atoms with E-state index in [4.69, 9.17) is 23.2 Å². The summed E-state index contributed by atoms with van der Waals surface area (Å²) in [5.41, 5.74) is 1.46. The van der Waals surface area contributed by atoms with Crippen LogP contribution in [-0.4, -0.2) is 20.5 Å². The summed E-state index contributed by atoms with van der Waals surface area (Å²) in [5, 5.41) is 10.3. The van der Waals surface area contributed by atoms with E-state index in [0.29, 0.717) is 26.9 Å². The van der Waals surface area contributed by atoms with E-state index in [1.807, 2.05) is 0 Å². The van der Waals surface area contributed by atoms with Crippen molar-refractivity contribution in [2.45, 2.75) is 0 Å². The number of halogens is 2. The van der Waals surface area contributed by atoms with Crippen LogP contribution in [0.25, 0.3) is 16.9 Å². The predicted molar refractivity (Wildman–Crippen MR) is 77.6 cm³/mol. The maximum absolute atomic E-state index is 11.4. The summed E-state index contributed by atoms with van der Waals surface area (Å²) in [4.78, 5) is 15.5. The number of hydrogen-bond acceptors (Lipinski definition) is 2. The van der Waals surface area contributed by atoms with Crippen LogP contribution in [0.4, 0.5) is 0 Å². The Balaban J connectivity index is 2.43. The molecule has 0 saturated carbocycles. The van der Waals surface area contributed by atoms with Crippen LogP contribution >= 0.6 is 23.2 Å². The van der Waals surface area contributed by atoms with Crippen molar-refractivity contribution in [1.82, 2.24) is 9.38 Å². The van der Waals surface area contributed by atoms with Crippen LogP contribution in [0.15, 0.2) is 42.6 Å². The lowest BCUT2D eigenvalue weighted by atomic mass is 10.1. The van der Waals surface area contributed by atoms with Gasteiger partial charge in [-0.15, -0.1) is 0 Å². The number of aromatic carboxylic acids is 1. The Bertz CT molecular complexity index is 827. The van der Waals surface area contributed by atoms with E-state index >= 15 is 0 Å². The van der Waals surface area contributed by atoms with Gasteiger partial charge in [-0.05, 0) is 18.2 Å². The summed E-state index contributed by atoms with van der Waals surface area (Å²) in [7, 11) is 0. The summed E-state index contributed by atoms with van der Waals surface area (Å²) in [6, 6.07) is 10.3. The summed E-state index contributed by atoms with van der Waals surface area (Å²) in [5.74, 6) is -1.11. The molecule has 0 bridgehead atoms. The zero-order valence-electron chi connectivity index (χ0n) is 10.0. The number of fused-ring (bicyclic) bond motifs is 1. The molecule has 4 nitrogen and oxygen atoms in total. The summed E-state index contributed by atoms with van der Waals surface area (Å²) < 4.78 is 1.63. The van der Waals surface area contributed by atoms with Crippen molar-refractivity contribution in [2.24, 2.45) is 0 Å². The minimum absolute atomic E-state index is 0.0552. The minimum atomic E-state index is -1.11. The third-order valence-electron chi connectivity index (χ3n) is 2.91. The quantitative estimate of drug-likeness (QED) is 0.778. The average molecular weight is 307 g/mol. The van der Waals surface area contributed by atoms with Gasteiger partial charge in [0, 0.05) is 16.8 Å². The Kier molecular flexibility index (Phi) is 3.12. The first kappa shape index (κ1) is 13.0. The van der Waals surface area contributed by atoms with E-state index in [9.17, 15) is 9.90 Å². The molecule has 0 atom stereocenters. The molecule has 0 radical (unpaired) electrons. The zero-order valence-corrected chi connectivity index (χ0v) is 11.6. The molecule has 0 unspecified atom stereocenters. The molecule has 3 rings (SSSR count). The molecule has 2 aromatic heterocycles. The van der Waals surface area contributed by atoms with Crippen LogP contribution in [0.5, 0.6) is 0 Å². The van der Waals surface area contributed by atoms with Gasteiger partial charge in [-0.25, -0.2) is 9.78 Å². The number of carboxylic acids is 1. The van der Waals surface area contributed by atoms with E-state index in [2.05, 4.69) is 4.98 Å². The Labute approximate surface area is 124 Å². The van der Waals surface area contributed by atoms with Crippen molar-refractivity contribution in [3.8, 4) is 11.3 Å². The number of rotatable bonds is 2. The number of carbonyl (C=O) groups is 1. The average Bonchev–Trinajstić information content (AvgIpc) is 2.78. The molecule has 1 aromatic carbocycles. The molecule has 0 amide bonds. The van der Waals surface area contributed by atoms with E-state index in [1.54, 1.807) is 47.0 Å². The zero-order chi connectivity index (χ0) is 14.3. The van der Waals surface area contributed by atoms with Crippen LogP contribution < -0.4 is 0 Å². The third kappa shape index (κ3) is 2.03. The molecule has 100 valence electrons. The second kappa shape index (κ2) is 4.81. The molecule has 1 N–H and O–H groups in total. The fraction of sp³-hybridized carbons (Fsp3) is 0. The summed E-state index contributed by atoms with van der Waals surface area (Å²) in [6.45, 7) is 0. The van der Waals surface area contributed by atoms with Crippen LogP contribution in [0.2, 0.25) is 10.0 Å². The number of hydrogen-bond donors (Lipinski definition) is 1. The molecule has 3 aromatic rings. The van der Waals surface area contributed by atoms with Crippen LogP contribution in [-0.2, 0) is 0 Å². The number of benzene rings is 1. The Hall–Kier alpha value is -2.04. The second-order valence-electron chi connectivity index (χ2n) is 4.17. The molecule has 0 saturated heterocycles. The fourth-order valence-electron chi connectivity index (χ4n) is 2.08. The first-order chi connectivity index (χ1) is 9.58. The molecule has 0 aliphatic rings. The van der Waals surface area contributed by atoms with Gasteiger partial charge in [-0.3, -0.25) is 4.40 Å². The van der Waals surface area contributed by atoms with Crippen molar-refractivity contribution in [3.05, 3.63) is 58.3 Å². The minimum Gasteiger partial charge on any atom is -0.476 e. The smallest absolute Gasteiger partial charge is 0.356 e. The number of aromatic nitrogens is 2. The molecular weight excluding hydrogens is 299 g/mol. The number of carboxylic acid groups (broad SMARTS) is 1. The van der Waals surface area contributed by atoms with Gasteiger partial charge < -0.3 is 5.11 Å². The third-order valence-corrected chi connectivity index (χ3v) is 3.47. The lowest BCUT2D eigenvalue weighted by molar-refractivity contribution is 0.0692. The Morgan fingerprint density at radius 2 is 1.90 bits per heavy atom. The van der Waals surface area contributed by atoms with Gasteiger partial charge >= 0.3 is 5.97 Å². The van der Waals surface area contributed by atoms with Crippen LogP contribution in [0.3, 0.4) is 0 Å². The van der Waals surface area contributed by atoms with Crippen molar-refractivity contribution in [1.29, 1.82) is 0 Å². The van der Waals surface area contributed by atoms with Gasteiger partial charge in [0.25, 0.3) is 0 Å². The van der Waals surface area contributed by atoms with Gasteiger partial charge in [0.05, 0.1) is 10.7 Å². The number of nitrogens with zero attached hydrogens (tertiary/aromatic N) is 2. The summed E-state index contributed by atoms with van der Waals surface area (Å²) in [6.07, 6.45) is 1.62. The highest BCUT2D eigenvalue weighted by Crippen LogP contribution is 2.31. The van der Waals surface area contributed by atoms with Gasteiger partial charge in [-0.1, -0.05) is 41.4 Å². The fourth-order valence-corrected chi connectivity index (χ4v) is 2.46. The van der Waals surface area contributed by atoms with Gasteiger partial charge in [0.1, 0.15) is 5.65 Å². The molecule has 6 heteroatoms. The maximum atomic E-state index is 11.4. The van der Waals surface area contributed by atoms with E-state index < -0.39 is 5.97 Å². The van der Waals surface area contributed by atoms with E-state index in [1.165, 1.54) is 0 Å². The predicted octanol–water partition coefficient (Wildman–Crippen LogP) is 4.01. The molecule has 0 spiro atoms. The van der Waals surface area contributed by atoms with Gasteiger partial charge in [0.2, 0.25) is 0 Å². The van der Waals surface area contributed by atoms with Gasteiger partial charge in [-0.2, -0.15) is 0 Å². The highest BCUT2D eigenvalue weighted by atomic mass is 35.5. The molecule has 0 fully saturated rings. The normalized spacial score (nSPS) is 10.9. The SMILES string of the molecule is O=C(O)c1nc2ccc(Cl)cn2c1-c1ccccc1Cl. The highest BCUT2D eigenvalue weighted by molar-refractivity contribution is 6.33. The van der Waals surface area contributed by atoms with E-state index in [-0.39, 0.29) is 5.69 Å². The lowest BCUT2D eigenvalue weighted by Gasteiger charge is -2.05. The molecular formula is C14H8Cl2N2O2. The monoisotopic (exact) mass is 306 g/mol. The number of pyridine rings is 1. The second-order valence-corrected chi connectivity index (χ2v) is 5.01. The molecule has 0 aliphatic heterocycles. The lowest BCUT2D eigenvalue weighted by Crippen LogP contribution is -2.00. The molecule has 0 aliphatic carbocycles. The number of imidazole rings is 1. The standard InChI is InChI=1S/C14H8Cl2N2O2/c15-8-5-6-11-17-12(14(19)20)13(18(11)7-8)9-3-1-2-4-10(9)16/h1-7H,(H,19,20). The first-order valence-electron chi connectivity index (χ1n) is 5.74. The Morgan fingerprint density at radius 3 is 2.60 bits per heavy atom. The van der Waals surface area contributed by atoms with E-state index in [0.717, 1.165) is 0 Å². The Morgan fingerprint density at radius 1 is 1.15 bits per heavy atom. The topological polar surface area (TPSA) is 54.6 Å². The summed E-state index contributed by atoms with van der Waals surface area (Å²) >= 11 is 12.1. The molecule has 20 heavy (non-hydrogen) atoms.